The van der Waals surface area contributed by atoms with Crippen molar-refractivity contribution in [1.29, 1.82) is 0 Å². The quantitative estimate of drug-likeness (QED) is 0.823. The van der Waals surface area contributed by atoms with E-state index in [1.807, 2.05) is 0 Å². The zero-order chi connectivity index (χ0) is 15.4. The molecule has 1 amide bonds. The number of thiocarbonyl (C=S) groups is 1. The molecule has 1 aliphatic rings. The highest BCUT2D eigenvalue weighted by atomic mass is 32.1. The van der Waals surface area contributed by atoms with Gasteiger partial charge in [0.1, 0.15) is 10.8 Å². The summed E-state index contributed by atoms with van der Waals surface area (Å²) in [6.45, 7) is 1.90. The predicted octanol–water partition coefficient (Wildman–Crippen LogP) is 1.39. The molecular weight excluding hydrogens is 293 g/mol. The van der Waals surface area contributed by atoms with Crippen LogP contribution >= 0.6 is 12.2 Å². The first-order chi connectivity index (χ1) is 10.0. The number of nitrogens with zero attached hydrogens (tertiary/aromatic N) is 1. The summed E-state index contributed by atoms with van der Waals surface area (Å²) in [5, 5.41) is 2.75. The second-order valence-electron chi connectivity index (χ2n) is 5.00. The molecule has 1 atom stereocenters. The Bertz CT molecular complexity index is 553. The Balaban J connectivity index is 1.99. The molecule has 1 aliphatic heterocycles. The van der Waals surface area contributed by atoms with E-state index in [2.05, 4.69) is 15.0 Å². The Morgan fingerprint density at radius 3 is 3.05 bits per heavy atom. The summed E-state index contributed by atoms with van der Waals surface area (Å²) in [4.78, 5) is 13.3. The third-order valence-corrected chi connectivity index (χ3v) is 3.74. The molecule has 1 aromatic carbocycles. The average Bonchev–Trinajstić information content (AvgIpc) is 2.88. The van der Waals surface area contributed by atoms with Gasteiger partial charge in [-0.05, 0) is 12.5 Å². The van der Waals surface area contributed by atoms with Gasteiger partial charge in [0.25, 0.3) is 0 Å². The van der Waals surface area contributed by atoms with Gasteiger partial charge in [-0.3, -0.25) is 4.90 Å². The Hall–Kier alpha value is -1.73. The number of nitrogens with two attached hydrogens (primary N) is 1. The highest BCUT2D eigenvalue weighted by molar-refractivity contribution is 7.80. The zero-order valence-corrected chi connectivity index (χ0v) is 12.6. The van der Waals surface area contributed by atoms with Crippen molar-refractivity contribution in [3.8, 4) is 0 Å². The van der Waals surface area contributed by atoms with Crippen LogP contribution in [-0.2, 0) is 11.3 Å². The highest BCUT2D eigenvalue weighted by Crippen LogP contribution is 2.18. The maximum absolute atomic E-state index is 14.3. The van der Waals surface area contributed by atoms with Crippen LogP contribution in [0.25, 0.3) is 0 Å². The van der Waals surface area contributed by atoms with E-state index in [4.69, 9.17) is 18.0 Å². The first-order valence-electron chi connectivity index (χ1n) is 6.65. The number of carbonyl (C=O) groups is 1. The number of likely N-dealkylation sites (tertiary alicyclic amines) is 1. The van der Waals surface area contributed by atoms with Crippen LogP contribution in [0.15, 0.2) is 18.2 Å². The van der Waals surface area contributed by atoms with E-state index in [1.54, 1.807) is 18.2 Å². The van der Waals surface area contributed by atoms with E-state index in [1.165, 1.54) is 7.11 Å². The minimum atomic E-state index is -0.441. The lowest BCUT2D eigenvalue weighted by Crippen LogP contribution is -2.36. The molecule has 0 spiro atoms. The molecule has 1 heterocycles. The summed E-state index contributed by atoms with van der Waals surface area (Å²) in [6.07, 6.45) is 0.370. The molecule has 1 saturated heterocycles. The first-order valence-corrected chi connectivity index (χ1v) is 7.06. The third-order valence-electron chi connectivity index (χ3n) is 3.52. The monoisotopic (exact) mass is 311 g/mol. The highest BCUT2D eigenvalue weighted by Gasteiger charge is 2.25. The second kappa shape index (κ2) is 6.82. The van der Waals surface area contributed by atoms with E-state index in [0.717, 1.165) is 13.0 Å². The molecule has 0 saturated carbocycles. The molecule has 1 fully saturated rings. The van der Waals surface area contributed by atoms with E-state index in [0.29, 0.717) is 18.7 Å². The molecule has 2 rings (SSSR count). The van der Waals surface area contributed by atoms with Gasteiger partial charge >= 0.3 is 6.09 Å². The molecule has 7 heteroatoms. The summed E-state index contributed by atoms with van der Waals surface area (Å²) in [5.74, 6) is -0.366. The Morgan fingerprint density at radius 1 is 1.62 bits per heavy atom. The lowest BCUT2D eigenvalue weighted by molar-refractivity contribution is 0.166. The molecule has 1 aromatic rings. The van der Waals surface area contributed by atoms with Gasteiger partial charge in [-0.2, -0.15) is 0 Å². The van der Waals surface area contributed by atoms with Crippen LogP contribution in [0.1, 0.15) is 17.5 Å². The average molecular weight is 311 g/mol. The number of hydrogen-bond donors (Lipinski definition) is 2. The minimum absolute atomic E-state index is 0.0271. The molecule has 0 radical (unpaired) electrons. The maximum Gasteiger partial charge on any atom is 0.407 e. The number of rotatable bonds is 4. The fourth-order valence-electron chi connectivity index (χ4n) is 2.45. The van der Waals surface area contributed by atoms with Gasteiger partial charge in [0.2, 0.25) is 0 Å². The summed E-state index contributed by atoms with van der Waals surface area (Å²) in [6, 6.07) is 5.07. The van der Waals surface area contributed by atoms with Crippen molar-refractivity contribution in [3.05, 3.63) is 35.1 Å². The molecule has 0 aromatic heterocycles. The van der Waals surface area contributed by atoms with Crippen LogP contribution in [0.4, 0.5) is 9.18 Å². The van der Waals surface area contributed by atoms with Crippen LogP contribution in [0.5, 0.6) is 0 Å². The van der Waals surface area contributed by atoms with Crippen molar-refractivity contribution < 1.29 is 13.9 Å². The van der Waals surface area contributed by atoms with Crippen LogP contribution in [0.2, 0.25) is 0 Å². The SMILES string of the molecule is COC(=O)NC1CCN(Cc2cccc(C(N)=S)c2F)C1. The largest absolute Gasteiger partial charge is 0.453 e. The Labute approximate surface area is 128 Å². The molecule has 114 valence electrons. The van der Waals surface area contributed by atoms with E-state index >= 15 is 0 Å². The molecule has 5 nitrogen and oxygen atoms in total. The fraction of sp³-hybridized carbons (Fsp3) is 0.429. The predicted molar refractivity (Wildman–Crippen MR) is 81.5 cm³/mol. The number of methoxy groups -OCH3 is 1. The number of benzene rings is 1. The summed E-state index contributed by atoms with van der Waals surface area (Å²) in [5.41, 5.74) is 6.32. The third kappa shape index (κ3) is 3.89. The normalized spacial score (nSPS) is 18.5. The van der Waals surface area contributed by atoms with Gasteiger partial charge in [0, 0.05) is 36.8 Å². The number of amides is 1. The molecule has 0 aliphatic carbocycles. The number of carbonyl (C=O) groups excluding carboxylic acids is 1. The molecule has 21 heavy (non-hydrogen) atoms. The summed E-state index contributed by atoms with van der Waals surface area (Å²) < 4.78 is 18.8. The minimum Gasteiger partial charge on any atom is -0.453 e. The van der Waals surface area contributed by atoms with Crippen molar-refractivity contribution in [1.82, 2.24) is 10.2 Å². The standard InChI is InChI=1S/C14H18FN3O2S/c1-20-14(19)17-10-5-6-18(8-10)7-9-3-2-4-11(12(9)15)13(16)21/h2-4,10H,5-8H2,1H3,(H2,16,21)(H,17,19). The van der Waals surface area contributed by atoms with Crippen molar-refractivity contribution in [3.63, 3.8) is 0 Å². The zero-order valence-electron chi connectivity index (χ0n) is 11.8. The van der Waals surface area contributed by atoms with Crippen LogP contribution in [0.3, 0.4) is 0 Å². The van der Waals surface area contributed by atoms with E-state index in [-0.39, 0.29) is 22.4 Å². The maximum atomic E-state index is 14.3. The number of hydrogen-bond acceptors (Lipinski definition) is 4. The fourth-order valence-corrected chi connectivity index (χ4v) is 2.61. The first kappa shape index (κ1) is 15.7. The molecule has 1 unspecified atom stereocenters. The van der Waals surface area contributed by atoms with E-state index in [9.17, 15) is 9.18 Å². The van der Waals surface area contributed by atoms with Crippen molar-refractivity contribution in [2.45, 2.75) is 19.0 Å². The second-order valence-corrected chi connectivity index (χ2v) is 5.44. The summed E-state index contributed by atoms with van der Waals surface area (Å²) in [7, 11) is 1.33. The number of ether oxygens (including phenoxy) is 1. The van der Waals surface area contributed by atoms with Crippen molar-refractivity contribution in [2.75, 3.05) is 20.2 Å². The Kier molecular flexibility index (Phi) is 5.08. The van der Waals surface area contributed by atoms with Crippen LogP contribution < -0.4 is 11.1 Å². The number of alkyl carbamates (subject to hydrolysis) is 1. The Morgan fingerprint density at radius 2 is 2.38 bits per heavy atom. The lowest BCUT2D eigenvalue weighted by Gasteiger charge is -2.17. The van der Waals surface area contributed by atoms with Crippen LogP contribution in [-0.4, -0.2) is 42.2 Å². The summed E-state index contributed by atoms with van der Waals surface area (Å²) >= 11 is 4.83. The van der Waals surface area contributed by atoms with Crippen LogP contribution in [0, 0.1) is 5.82 Å². The smallest absolute Gasteiger partial charge is 0.407 e. The van der Waals surface area contributed by atoms with E-state index < -0.39 is 6.09 Å². The van der Waals surface area contributed by atoms with Gasteiger partial charge in [0.15, 0.2) is 0 Å². The van der Waals surface area contributed by atoms with Crippen molar-refractivity contribution in [2.24, 2.45) is 5.73 Å². The van der Waals surface area contributed by atoms with Gasteiger partial charge in [-0.1, -0.05) is 24.4 Å². The van der Waals surface area contributed by atoms with Gasteiger partial charge in [-0.25, -0.2) is 9.18 Å². The lowest BCUT2D eigenvalue weighted by atomic mass is 10.1. The van der Waals surface area contributed by atoms with Gasteiger partial charge in [-0.15, -0.1) is 0 Å². The van der Waals surface area contributed by atoms with Gasteiger partial charge in [0.05, 0.1) is 7.11 Å². The molecule has 0 bridgehead atoms. The topological polar surface area (TPSA) is 67.6 Å². The van der Waals surface area contributed by atoms with Crippen molar-refractivity contribution >= 4 is 23.3 Å². The molecule has 3 N–H and O–H groups in total. The molecular formula is C14H18FN3O2S. The van der Waals surface area contributed by atoms with Gasteiger partial charge < -0.3 is 15.8 Å². The number of nitrogens with one attached hydrogen (secondary N) is 1. The number of halogens is 1.